The Bertz CT molecular complexity index is 930. The lowest BCUT2D eigenvalue weighted by Gasteiger charge is -2.17. The van der Waals surface area contributed by atoms with Crippen molar-refractivity contribution in [3.8, 4) is 0 Å². The van der Waals surface area contributed by atoms with Crippen LogP contribution in [0.25, 0.3) is 0 Å². The van der Waals surface area contributed by atoms with Crippen LogP contribution < -0.4 is 10.0 Å². The molecule has 0 aliphatic carbocycles. The Balaban J connectivity index is 2.02. The summed E-state index contributed by atoms with van der Waals surface area (Å²) in [6, 6.07) is 12.7. The van der Waals surface area contributed by atoms with E-state index in [2.05, 4.69) is 26.0 Å². The quantitative estimate of drug-likeness (QED) is 0.672. The number of rotatable bonds is 7. The van der Waals surface area contributed by atoms with Crippen molar-refractivity contribution in [1.82, 2.24) is 9.62 Å². The van der Waals surface area contributed by atoms with Crippen LogP contribution in [-0.2, 0) is 14.8 Å². The number of carbonyl (C=O) groups is 2. The number of amides is 2. The van der Waals surface area contributed by atoms with Crippen LogP contribution in [0.3, 0.4) is 0 Å². The van der Waals surface area contributed by atoms with E-state index < -0.39 is 10.0 Å². The van der Waals surface area contributed by atoms with Crippen molar-refractivity contribution in [1.29, 1.82) is 0 Å². The highest BCUT2D eigenvalue weighted by molar-refractivity contribution is 9.10. The maximum Gasteiger partial charge on any atom is 0.254 e. The predicted molar refractivity (Wildman–Crippen MR) is 107 cm³/mol. The van der Waals surface area contributed by atoms with Gasteiger partial charge in [-0.05, 0) is 52.3 Å². The first-order valence-corrected chi connectivity index (χ1v) is 10.4. The van der Waals surface area contributed by atoms with E-state index in [0.717, 1.165) is 4.47 Å². The van der Waals surface area contributed by atoms with Gasteiger partial charge < -0.3 is 10.2 Å². The van der Waals surface area contributed by atoms with Gasteiger partial charge >= 0.3 is 0 Å². The van der Waals surface area contributed by atoms with E-state index in [1.54, 1.807) is 25.1 Å². The second-order valence-electron chi connectivity index (χ2n) is 5.71. The number of carbonyl (C=O) groups excluding carboxylic acids is 2. The fourth-order valence-corrected chi connectivity index (χ4v) is 3.73. The van der Waals surface area contributed by atoms with Crippen LogP contribution >= 0.6 is 15.9 Å². The molecule has 0 atom stereocenters. The highest BCUT2D eigenvalue weighted by Crippen LogP contribution is 2.21. The molecule has 144 valence electrons. The fraction of sp³-hybridized carbons (Fsp3) is 0.222. The van der Waals surface area contributed by atoms with Gasteiger partial charge in [0, 0.05) is 23.6 Å². The number of halogens is 1. The van der Waals surface area contributed by atoms with Gasteiger partial charge in [0.15, 0.2) is 0 Å². The van der Waals surface area contributed by atoms with E-state index in [0.29, 0.717) is 11.3 Å². The Morgan fingerprint density at radius 1 is 1.07 bits per heavy atom. The SMILES string of the molecule is CCNS(=O)(=O)c1ccc(C(=O)N(C)CC(=O)Nc2ccccc2Br)cc1. The lowest BCUT2D eigenvalue weighted by molar-refractivity contribution is -0.116. The summed E-state index contributed by atoms with van der Waals surface area (Å²) in [6.07, 6.45) is 0. The maximum atomic E-state index is 12.5. The second kappa shape index (κ2) is 9.12. The van der Waals surface area contributed by atoms with Gasteiger partial charge in [0.25, 0.3) is 5.91 Å². The monoisotopic (exact) mass is 453 g/mol. The molecule has 0 heterocycles. The van der Waals surface area contributed by atoms with E-state index in [9.17, 15) is 18.0 Å². The molecule has 0 bridgehead atoms. The van der Waals surface area contributed by atoms with Crippen LogP contribution in [0, 0.1) is 0 Å². The van der Waals surface area contributed by atoms with Crippen LogP contribution in [0.2, 0.25) is 0 Å². The largest absolute Gasteiger partial charge is 0.332 e. The molecule has 2 rings (SSSR count). The third-order valence-corrected chi connectivity index (χ3v) is 5.87. The molecular weight excluding hydrogens is 434 g/mol. The molecule has 0 aliphatic heterocycles. The molecular formula is C18H20BrN3O4S. The van der Waals surface area contributed by atoms with Gasteiger partial charge in [-0.15, -0.1) is 0 Å². The van der Waals surface area contributed by atoms with Gasteiger partial charge in [0.2, 0.25) is 15.9 Å². The minimum absolute atomic E-state index is 0.0789. The third kappa shape index (κ3) is 5.62. The summed E-state index contributed by atoms with van der Waals surface area (Å²) in [6.45, 7) is 1.82. The highest BCUT2D eigenvalue weighted by Gasteiger charge is 2.17. The molecule has 0 aliphatic rings. The zero-order valence-corrected chi connectivity index (χ0v) is 17.3. The Morgan fingerprint density at radius 3 is 2.30 bits per heavy atom. The first kappa shape index (κ1) is 21.1. The van der Waals surface area contributed by atoms with E-state index in [1.807, 2.05) is 6.07 Å². The smallest absolute Gasteiger partial charge is 0.254 e. The fourth-order valence-electron chi connectivity index (χ4n) is 2.31. The molecule has 0 spiro atoms. The summed E-state index contributed by atoms with van der Waals surface area (Å²) < 4.78 is 27.0. The zero-order chi connectivity index (χ0) is 20.0. The molecule has 2 N–H and O–H groups in total. The molecule has 7 nitrogen and oxygen atoms in total. The topological polar surface area (TPSA) is 95.6 Å². The summed E-state index contributed by atoms with van der Waals surface area (Å²) in [5, 5.41) is 2.72. The first-order valence-electron chi connectivity index (χ1n) is 8.14. The zero-order valence-electron chi connectivity index (χ0n) is 14.9. The van der Waals surface area contributed by atoms with Crippen molar-refractivity contribution in [3.63, 3.8) is 0 Å². The van der Waals surface area contributed by atoms with Gasteiger partial charge in [-0.2, -0.15) is 0 Å². The number of hydrogen-bond donors (Lipinski definition) is 2. The van der Waals surface area contributed by atoms with Crippen molar-refractivity contribution in [2.45, 2.75) is 11.8 Å². The van der Waals surface area contributed by atoms with Crippen molar-refractivity contribution < 1.29 is 18.0 Å². The maximum absolute atomic E-state index is 12.5. The molecule has 0 fully saturated rings. The lowest BCUT2D eigenvalue weighted by Crippen LogP contribution is -2.35. The Labute approximate surface area is 166 Å². The Morgan fingerprint density at radius 2 is 1.70 bits per heavy atom. The van der Waals surface area contributed by atoms with Gasteiger partial charge in [-0.1, -0.05) is 19.1 Å². The molecule has 27 heavy (non-hydrogen) atoms. The minimum Gasteiger partial charge on any atom is -0.332 e. The predicted octanol–water partition coefficient (Wildman–Crippen LogP) is 2.46. The number of sulfonamides is 1. The summed E-state index contributed by atoms with van der Waals surface area (Å²) in [7, 11) is -2.07. The number of benzene rings is 2. The van der Waals surface area contributed by atoms with Gasteiger partial charge in [-0.3, -0.25) is 9.59 Å². The molecule has 2 aromatic rings. The van der Waals surface area contributed by atoms with Gasteiger partial charge in [0.1, 0.15) is 0 Å². The first-order chi connectivity index (χ1) is 12.7. The summed E-state index contributed by atoms with van der Waals surface area (Å²) in [5.74, 6) is -0.728. The summed E-state index contributed by atoms with van der Waals surface area (Å²) >= 11 is 3.34. The Hall–Kier alpha value is -2.23. The molecule has 2 amide bonds. The standard InChI is InChI=1S/C18H20BrN3O4S/c1-3-20-27(25,26)14-10-8-13(9-11-14)18(24)22(2)12-17(23)21-16-7-5-4-6-15(16)19/h4-11,20H,3,12H2,1-2H3,(H,21,23). The molecule has 2 aromatic carbocycles. The summed E-state index contributed by atoms with van der Waals surface area (Å²) in [4.78, 5) is 26.0. The lowest BCUT2D eigenvalue weighted by atomic mass is 10.2. The number of nitrogens with one attached hydrogen (secondary N) is 2. The van der Waals surface area contributed by atoms with Crippen LogP contribution in [0.4, 0.5) is 5.69 Å². The van der Waals surface area contributed by atoms with Gasteiger partial charge in [0.05, 0.1) is 17.1 Å². The van der Waals surface area contributed by atoms with Crippen molar-refractivity contribution in [2.24, 2.45) is 0 Å². The average Bonchev–Trinajstić information content (AvgIpc) is 2.63. The number of para-hydroxylation sites is 1. The normalized spacial score (nSPS) is 11.1. The van der Waals surface area contributed by atoms with E-state index in [1.165, 1.54) is 36.2 Å². The van der Waals surface area contributed by atoms with Crippen LogP contribution in [0.1, 0.15) is 17.3 Å². The van der Waals surface area contributed by atoms with Crippen LogP contribution in [0.15, 0.2) is 57.9 Å². The molecule has 0 saturated heterocycles. The number of likely N-dealkylation sites (N-methyl/N-ethyl adjacent to an activating group) is 1. The van der Waals surface area contributed by atoms with E-state index >= 15 is 0 Å². The van der Waals surface area contributed by atoms with Crippen LogP contribution in [-0.4, -0.2) is 45.3 Å². The summed E-state index contributed by atoms with van der Waals surface area (Å²) in [5.41, 5.74) is 0.906. The number of nitrogens with zero attached hydrogens (tertiary/aromatic N) is 1. The van der Waals surface area contributed by atoms with E-state index in [4.69, 9.17) is 0 Å². The van der Waals surface area contributed by atoms with Crippen molar-refractivity contribution >= 4 is 43.5 Å². The molecule has 0 saturated carbocycles. The molecule has 0 unspecified atom stereocenters. The second-order valence-corrected chi connectivity index (χ2v) is 8.34. The van der Waals surface area contributed by atoms with E-state index in [-0.39, 0.29) is 29.8 Å². The molecule has 0 aromatic heterocycles. The average molecular weight is 454 g/mol. The van der Waals surface area contributed by atoms with Gasteiger partial charge in [-0.25, -0.2) is 13.1 Å². The van der Waals surface area contributed by atoms with Crippen molar-refractivity contribution in [2.75, 3.05) is 25.5 Å². The Kier molecular flexibility index (Phi) is 7.11. The van der Waals surface area contributed by atoms with Crippen LogP contribution in [0.5, 0.6) is 0 Å². The van der Waals surface area contributed by atoms with Crippen molar-refractivity contribution in [3.05, 3.63) is 58.6 Å². The number of anilines is 1. The molecule has 0 radical (unpaired) electrons. The molecule has 9 heteroatoms. The number of hydrogen-bond acceptors (Lipinski definition) is 4. The highest BCUT2D eigenvalue weighted by atomic mass is 79.9. The minimum atomic E-state index is -3.57. The third-order valence-electron chi connectivity index (χ3n) is 3.62.